The van der Waals surface area contributed by atoms with E-state index in [4.69, 9.17) is 23.2 Å². The van der Waals surface area contributed by atoms with Gasteiger partial charge in [0, 0.05) is 25.6 Å². The first-order chi connectivity index (χ1) is 18.9. The van der Waals surface area contributed by atoms with E-state index in [2.05, 4.69) is 5.32 Å². The number of nitrogens with one attached hydrogen (secondary N) is 1. The molecule has 7 nitrogen and oxygen atoms in total. The molecular weight excluding hydrogens is 569 g/mol. The summed E-state index contributed by atoms with van der Waals surface area (Å²) in [5.41, 5.74) is 3.27. The van der Waals surface area contributed by atoms with Crippen molar-refractivity contribution < 1.29 is 18.0 Å². The van der Waals surface area contributed by atoms with Crippen LogP contribution in [0.25, 0.3) is 0 Å². The molecule has 0 aromatic heterocycles. The number of anilines is 1. The first-order valence-corrected chi connectivity index (χ1v) is 16.6. The average Bonchev–Trinajstić information content (AvgIpc) is 2.87. The molecule has 0 unspecified atom stereocenters. The molecule has 0 heterocycles. The number of hydrogen-bond acceptors (Lipinski definition) is 4. The summed E-state index contributed by atoms with van der Waals surface area (Å²) in [5.74, 6) is -0.374. The first kappa shape index (κ1) is 32.2. The lowest BCUT2D eigenvalue weighted by Gasteiger charge is -2.33. The highest BCUT2D eigenvalue weighted by Crippen LogP contribution is 2.26. The van der Waals surface area contributed by atoms with Gasteiger partial charge in [0.25, 0.3) is 0 Å². The number of halogens is 2. The van der Waals surface area contributed by atoms with Gasteiger partial charge in [-0.1, -0.05) is 61.5 Å². The van der Waals surface area contributed by atoms with Gasteiger partial charge in [0.2, 0.25) is 21.8 Å². The summed E-state index contributed by atoms with van der Waals surface area (Å²) >= 11 is 12.3. The van der Waals surface area contributed by atoms with Crippen molar-refractivity contribution in [1.82, 2.24) is 10.2 Å². The summed E-state index contributed by atoms with van der Waals surface area (Å²) in [6.07, 6.45) is 7.26. The maximum atomic E-state index is 13.7. The van der Waals surface area contributed by atoms with E-state index < -0.39 is 16.1 Å². The molecule has 1 saturated carbocycles. The Morgan fingerprint density at radius 2 is 1.65 bits per heavy atom. The largest absolute Gasteiger partial charge is 0.352 e. The van der Waals surface area contributed by atoms with E-state index in [0.717, 1.165) is 42.4 Å². The Balaban J connectivity index is 1.79. The van der Waals surface area contributed by atoms with Crippen LogP contribution in [0.15, 0.2) is 36.4 Å². The summed E-state index contributed by atoms with van der Waals surface area (Å²) in [7, 11) is -3.56. The zero-order valence-electron chi connectivity index (χ0n) is 23.9. The van der Waals surface area contributed by atoms with E-state index in [-0.39, 0.29) is 37.4 Å². The average molecular weight is 611 g/mol. The molecule has 220 valence electrons. The van der Waals surface area contributed by atoms with Crippen LogP contribution in [0.4, 0.5) is 5.69 Å². The highest BCUT2D eigenvalue weighted by atomic mass is 35.5. The highest BCUT2D eigenvalue weighted by Gasteiger charge is 2.30. The summed E-state index contributed by atoms with van der Waals surface area (Å²) in [5, 5.41) is 3.96. The fourth-order valence-corrected chi connectivity index (χ4v) is 6.67. The summed E-state index contributed by atoms with van der Waals surface area (Å²) in [6.45, 7) is 6.08. The topological polar surface area (TPSA) is 86.8 Å². The molecule has 1 N–H and O–H groups in total. The van der Waals surface area contributed by atoms with Crippen molar-refractivity contribution in [3.05, 3.63) is 63.1 Å². The molecule has 3 rings (SSSR count). The van der Waals surface area contributed by atoms with Crippen LogP contribution < -0.4 is 9.62 Å². The number of nitrogens with zero attached hydrogens (tertiary/aromatic N) is 2. The standard InChI is InChI=1S/C30H41Cl2N3O4S/c1-5-28(30(37)33-24-10-7-6-8-11-24)34(20-23-13-14-26(31)27(32)19-23)29(36)12-9-15-35(40(4,38)39)25-17-21(2)16-22(3)18-25/h13-14,16-19,24,28H,5-12,15,20H2,1-4H3,(H,33,37)/t28-/m0/s1. The number of hydrogen-bond donors (Lipinski definition) is 1. The molecule has 2 aromatic rings. The lowest BCUT2D eigenvalue weighted by atomic mass is 9.95. The molecule has 1 fully saturated rings. The fraction of sp³-hybridized carbons (Fsp3) is 0.533. The summed E-state index contributed by atoms with van der Waals surface area (Å²) in [6, 6.07) is 10.3. The van der Waals surface area contributed by atoms with E-state index >= 15 is 0 Å². The molecule has 1 aliphatic rings. The Bertz CT molecular complexity index is 1280. The zero-order valence-corrected chi connectivity index (χ0v) is 26.2. The minimum Gasteiger partial charge on any atom is -0.352 e. The van der Waals surface area contributed by atoms with Crippen molar-refractivity contribution in [2.45, 2.75) is 90.8 Å². The van der Waals surface area contributed by atoms with Gasteiger partial charge >= 0.3 is 0 Å². The molecule has 0 radical (unpaired) electrons. The molecule has 10 heteroatoms. The Hall–Kier alpha value is -2.29. The summed E-state index contributed by atoms with van der Waals surface area (Å²) < 4.78 is 26.6. The molecular formula is C30H41Cl2N3O4S. The summed E-state index contributed by atoms with van der Waals surface area (Å²) in [4.78, 5) is 28.7. The Morgan fingerprint density at radius 1 is 1.00 bits per heavy atom. The van der Waals surface area contributed by atoms with E-state index in [1.165, 1.54) is 17.0 Å². The van der Waals surface area contributed by atoms with Crippen LogP contribution in [0.3, 0.4) is 0 Å². The number of amides is 2. The van der Waals surface area contributed by atoms with Crippen LogP contribution in [-0.4, -0.2) is 50.0 Å². The van der Waals surface area contributed by atoms with Crippen molar-refractivity contribution in [3.63, 3.8) is 0 Å². The molecule has 0 aliphatic heterocycles. The normalized spacial score (nSPS) is 14.9. The molecule has 0 saturated heterocycles. The molecule has 40 heavy (non-hydrogen) atoms. The van der Waals surface area contributed by atoms with Crippen LogP contribution >= 0.6 is 23.2 Å². The number of rotatable bonds is 12. The van der Waals surface area contributed by atoms with Crippen LogP contribution in [0.5, 0.6) is 0 Å². The second-order valence-electron chi connectivity index (χ2n) is 10.8. The quantitative estimate of drug-likeness (QED) is 0.301. The molecule has 1 aliphatic carbocycles. The van der Waals surface area contributed by atoms with Gasteiger partial charge in [-0.3, -0.25) is 13.9 Å². The van der Waals surface area contributed by atoms with Gasteiger partial charge in [-0.2, -0.15) is 0 Å². The SMILES string of the molecule is CC[C@@H](C(=O)NC1CCCCC1)N(Cc1ccc(Cl)c(Cl)c1)C(=O)CCCN(c1cc(C)cc(C)c1)S(C)(=O)=O. The van der Waals surface area contributed by atoms with Crippen LogP contribution in [-0.2, 0) is 26.2 Å². The number of aryl methyl sites for hydroxylation is 2. The van der Waals surface area contributed by atoms with Crippen LogP contribution in [0.1, 0.15) is 75.0 Å². The van der Waals surface area contributed by atoms with Crippen molar-refractivity contribution in [2.75, 3.05) is 17.1 Å². The minimum atomic E-state index is -3.56. The third-order valence-corrected chi connectivity index (χ3v) is 9.25. The van der Waals surface area contributed by atoms with Gasteiger partial charge in [-0.15, -0.1) is 0 Å². The minimum absolute atomic E-state index is 0.0886. The molecule has 0 spiro atoms. The second-order valence-corrected chi connectivity index (χ2v) is 13.5. The van der Waals surface area contributed by atoms with Crippen molar-refractivity contribution in [1.29, 1.82) is 0 Å². The monoisotopic (exact) mass is 609 g/mol. The highest BCUT2D eigenvalue weighted by molar-refractivity contribution is 7.92. The maximum absolute atomic E-state index is 13.7. The van der Waals surface area contributed by atoms with Crippen LogP contribution in [0, 0.1) is 13.8 Å². The van der Waals surface area contributed by atoms with Gasteiger partial charge in [-0.25, -0.2) is 8.42 Å². The van der Waals surface area contributed by atoms with Crippen molar-refractivity contribution in [3.8, 4) is 0 Å². The Morgan fingerprint density at radius 3 is 2.23 bits per heavy atom. The number of sulfonamides is 1. The van der Waals surface area contributed by atoms with Gasteiger partial charge in [0.1, 0.15) is 6.04 Å². The maximum Gasteiger partial charge on any atom is 0.243 e. The van der Waals surface area contributed by atoms with E-state index in [9.17, 15) is 18.0 Å². The predicted molar refractivity (Wildman–Crippen MR) is 163 cm³/mol. The smallest absolute Gasteiger partial charge is 0.243 e. The van der Waals surface area contributed by atoms with Crippen molar-refractivity contribution >= 4 is 50.7 Å². The Kier molecular flexibility index (Phi) is 11.7. The van der Waals surface area contributed by atoms with Crippen molar-refractivity contribution in [2.24, 2.45) is 0 Å². The molecule has 2 amide bonds. The van der Waals surface area contributed by atoms with Crippen LogP contribution in [0.2, 0.25) is 10.0 Å². The fourth-order valence-electron chi connectivity index (χ4n) is 5.40. The van der Waals surface area contributed by atoms with Gasteiger partial charge in [0.05, 0.1) is 22.0 Å². The number of carbonyl (C=O) groups excluding carboxylic acids is 2. The van der Waals surface area contributed by atoms with Gasteiger partial charge in [-0.05, 0) is 80.5 Å². The number of carbonyl (C=O) groups is 2. The van der Waals surface area contributed by atoms with E-state index in [0.29, 0.717) is 28.6 Å². The number of benzene rings is 2. The Labute approximate surface area is 249 Å². The first-order valence-electron chi connectivity index (χ1n) is 14.0. The predicted octanol–water partition coefficient (Wildman–Crippen LogP) is 6.41. The lowest BCUT2D eigenvalue weighted by molar-refractivity contribution is -0.141. The third kappa shape index (κ3) is 9.11. The van der Waals surface area contributed by atoms with Gasteiger partial charge < -0.3 is 10.2 Å². The van der Waals surface area contributed by atoms with E-state index in [1.807, 2.05) is 39.0 Å². The van der Waals surface area contributed by atoms with E-state index in [1.54, 1.807) is 23.1 Å². The molecule has 2 aromatic carbocycles. The zero-order chi connectivity index (χ0) is 29.4. The third-order valence-electron chi connectivity index (χ3n) is 7.32. The molecule has 0 bridgehead atoms. The second kappa shape index (κ2) is 14.6. The molecule has 1 atom stereocenters. The van der Waals surface area contributed by atoms with Gasteiger partial charge in [0.15, 0.2) is 0 Å². The lowest BCUT2D eigenvalue weighted by Crippen LogP contribution is -2.51.